The van der Waals surface area contributed by atoms with E-state index < -0.39 is 9.84 Å². The summed E-state index contributed by atoms with van der Waals surface area (Å²) in [5.74, 6) is 0.105. The number of carbonyl (C=O) groups excluding carboxylic acids is 1. The van der Waals surface area contributed by atoms with Crippen molar-refractivity contribution in [3.05, 3.63) is 42.6 Å². The number of nitrogens with one attached hydrogen (secondary N) is 2. The van der Waals surface area contributed by atoms with Gasteiger partial charge in [0.2, 0.25) is 9.84 Å². The maximum absolute atomic E-state index is 13.4. The third-order valence-corrected chi connectivity index (χ3v) is 8.56. The molecular formula is C23H24N4O4S. The molecule has 3 aromatic rings. The number of piperazine rings is 1. The summed E-state index contributed by atoms with van der Waals surface area (Å²) in [5, 5.41) is 3.35. The molecule has 1 amide bonds. The molecule has 1 unspecified atom stereocenters. The van der Waals surface area contributed by atoms with Gasteiger partial charge in [0.1, 0.15) is 5.75 Å². The van der Waals surface area contributed by atoms with Crippen molar-refractivity contribution in [2.24, 2.45) is 0 Å². The Balaban J connectivity index is 1.32. The second-order valence-electron chi connectivity index (χ2n) is 8.66. The average Bonchev–Trinajstić information content (AvgIpc) is 3.44. The van der Waals surface area contributed by atoms with Gasteiger partial charge in [0.25, 0.3) is 5.91 Å². The highest BCUT2D eigenvalue weighted by Crippen LogP contribution is 2.36. The Bertz CT molecular complexity index is 1330. The zero-order valence-electron chi connectivity index (χ0n) is 17.5. The molecule has 4 heterocycles. The van der Waals surface area contributed by atoms with Gasteiger partial charge in [-0.3, -0.25) is 9.69 Å². The van der Waals surface area contributed by atoms with Crippen molar-refractivity contribution in [1.29, 1.82) is 0 Å². The molecule has 2 N–H and O–H groups in total. The first-order valence-corrected chi connectivity index (χ1v) is 12.4. The van der Waals surface area contributed by atoms with Crippen LogP contribution in [-0.2, 0) is 14.6 Å². The minimum atomic E-state index is -3.76. The summed E-state index contributed by atoms with van der Waals surface area (Å²) in [4.78, 5) is 20.0. The van der Waals surface area contributed by atoms with E-state index >= 15 is 0 Å². The number of nitrogens with zero attached hydrogens (tertiary/aromatic N) is 2. The Morgan fingerprint density at radius 2 is 1.97 bits per heavy atom. The number of anilines is 2. The van der Waals surface area contributed by atoms with E-state index in [1.54, 1.807) is 12.3 Å². The van der Waals surface area contributed by atoms with Crippen LogP contribution >= 0.6 is 0 Å². The van der Waals surface area contributed by atoms with Crippen molar-refractivity contribution in [1.82, 2.24) is 9.88 Å². The topological polar surface area (TPSA) is 94.7 Å². The van der Waals surface area contributed by atoms with Crippen LogP contribution in [0.15, 0.2) is 52.4 Å². The molecule has 3 aliphatic heterocycles. The van der Waals surface area contributed by atoms with E-state index in [2.05, 4.69) is 20.1 Å². The Morgan fingerprint density at radius 3 is 2.88 bits per heavy atom. The number of benzene rings is 2. The van der Waals surface area contributed by atoms with Gasteiger partial charge in [-0.1, -0.05) is 0 Å². The Labute approximate surface area is 186 Å². The molecule has 166 valence electrons. The molecular weight excluding hydrogens is 428 g/mol. The predicted octanol–water partition coefficient (Wildman–Crippen LogP) is 2.62. The second-order valence-corrected chi connectivity index (χ2v) is 10.6. The first-order valence-electron chi connectivity index (χ1n) is 10.9. The smallest absolute Gasteiger partial charge is 0.262 e. The minimum absolute atomic E-state index is 0.124. The number of fused-ring (bicyclic) bond motifs is 3. The third kappa shape index (κ3) is 3.15. The molecule has 0 radical (unpaired) electrons. The quantitative estimate of drug-likeness (QED) is 0.635. The van der Waals surface area contributed by atoms with E-state index in [1.807, 2.05) is 18.2 Å². The molecule has 2 saturated heterocycles. The molecule has 0 bridgehead atoms. The van der Waals surface area contributed by atoms with E-state index in [4.69, 9.17) is 4.74 Å². The lowest BCUT2D eigenvalue weighted by Gasteiger charge is -2.38. The SMILES string of the molecule is O=C1COc2cc(S(=O)(=O)c3c[nH]c4cc(N5CCN6CCCC6C5)ccc34)ccc2N1. The summed E-state index contributed by atoms with van der Waals surface area (Å²) < 4.78 is 32.2. The first kappa shape index (κ1) is 19.6. The van der Waals surface area contributed by atoms with Crippen LogP contribution in [0.5, 0.6) is 5.75 Å². The van der Waals surface area contributed by atoms with Crippen LogP contribution in [0.1, 0.15) is 12.8 Å². The summed E-state index contributed by atoms with van der Waals surface area (Å²) in [6.45, 7) is 4.16. The minimum Gasteiger partial charge on any atom is -0.482 e. The van der Waals surface area contributed by atoms with Crippen LogP contribution in [0.4, 0.5) is 11.4 Å². The van der Waals surface area contributed by atoms with E-state index in [9.17, 15) is 13.2 Å². The van der Waals surface area contributed by atoms with Gasteiger partial charge in [0, 0.05) is 54.5 Å². The van der Waals surface area contributed by atoms with E-state index in [1.165, 1.54) is 31.5 Å². The van der Waals surface area contributed by atoms with Crippen molar-refractivity contribution in [2.45, 2.75) is 28.7 Å². The van der Waals surface area contributed by atoms with Crippen LogP contribution in [0.2, 0.25) is 0 Å². The summed E-state index contributed by atoms with van der Waals surface area (Å²) in [6.07, 6.45) is 4.08. The number of ether oxygens (including phenoxy) is 1. The second kappa shape index (κ2) is 7.25. The number of rotatable bonds is 3. The lowest BCUT2D eigenvalue weighted by atomic mass is 10.1. The number of aromatic nitrogens is 1. The lowest BCUT2D eigenvalue weighted by molar-refractivity contribution is -0.118. The van der Waals surface area contributed by atoms with Gasteiger partial charge in [0.15, 0.2) is 6.61 Å². The third-order valence-electron chi connectivity index (χ3n) is 6.77. The Kier molecular flexibility index (Phi) is 4.44. The number of H-pyrrole nitrogens is 1. The maximum Gasteiger partial charge on any atom is 0.262 e. The van der Waals surface area contributed by atoms with Crippen molar-refractivity contribution in [3.8, 4) is 5.75 Å². The van der Waals surface area contributed by atoms with Gasteiger partial charge in [-0.25, -0.2) is 8.42 Å². The van der Waals surface area contributed by atoms with Crippen molar-refractivity contribution < 1.29 is 17.9 Å². The molecule has 2 fully saturated rings. The zero-order chi connectivity index (χ0) is 21.9. The first-order chi connectivity index (χ1) is 15.5. The number of carbonyl (C=O) groups is 1. The molecule has 3 aliphatic rings. The zero-order valence-corrected chi connectivity index (χ0v) is 18.3. The summed E-state index contributed by atoms with van der Waals surface area (Å²) in [6, 6.07) is 11.1. The molecule has 8 nitrogen and oxygen atoms in total. The fraction of sp³-hybridized carbons (Fsp3) is 0.348. The largest absolute Gasteiger partial charge is 0.482 e. The molecule has 1 atom stereocenters. The average molecular weight is 453 g/mol. The van der Waals surface area contributed by atoms with Gasteiger partial charge < -0.3 is 19.9 Å². The van der Waals surface area contributed by atoms with E-state index in [-0.39, 0.29) is 22.3 Å². The van der Waals surface area contributed by atoms with Gasteiger partial charge in [-0.05, 0) is 49.7 Å². The molecule has 6 rings (SSSR count). The molecule has 2 aromatic carbocycles. The Hall–Kier alpha value is -3.04. The molecule has 0 aliphatic carbocycles. The van der Waals surface area contributed by atoms with Crippen molar-refractivity contribution in [2.75, 3.05) is 43.0 Å². The van der Waals surface area contributed by atoms with Crippen molar-refractivity contribution >= 4 is 38.0 Å². The Morgan fingerprint density at radius 1 is 1.06 bits per heavy atom. The van der Waals surface area contributed by atoms with Gasteiger partial charge >= 0.3 is 0 Å². The maximum atomic E-state index is 13.4. The van der Waals surface area contributed by atoms with E-state index in [0.717, 1.165) is 30.8 Å². The number of aromatic amines is 1. The summed E-state index contributed by atoms with van der Waals surface area (Å²) in [7, 11) is -3.76. The standard InChI is InChI=1S/C23H24N4O4S/c28-23-14-31-21-11-17(4-6-19(21)25-23)32(29,30)22-12-24-20-10-15(3-5-18(20)22)27-9-8-26-7-1-2-16(26)13-27/h3-6,10-12,16,24H,1-2,7-9,13-14H2,(H,25,28). The highest BCUT2D eigenvalue weighted by atomic mass is 32.2. The monoisotopic (exact) mass is 452 g/mol. The van der Waals surface area contributed by atoms with Crippen LogP contribution in [0.25, 0.3) is 10.9 Å². The number of sulfone groups is 1. The molecule has 0 saturated carbocycles. The van der Waals surface area contributed by atoms with Crippen LogP contribution in [0, 0.1) is 0 Å². The molecule has 0 spiro atoms. The highest BCUT2D eigenvalue weighted by Gasteiger charge is 2.31. The summed E-state index contributed by atoms with van der Waals surface area (Å²) in [5.41, 5.74) is 2.40. The summed E-state index contributed by atoms with van der Waals surface area (Å²) >= 11 is 0. The van der Waals surface area contributed by atoms with Gasteiger partial charge in [-0.15, -0.1) is 0 Å². The number of amides is 1. The van der Waals surface area contributed by atoms with Crippen LogP contribution in [-0.4, -0.2) is 63.0 Å². The van der Waals surface area contributed by atoms with Crippen LogP contribution < -0.4 is 15.0 Å². The van der Waals surface area contributed by atoms with Gasteiger partial charge in [0.05, 0.1) is 15.5 Å². The number of hydrogen-bond acceptors (Lipinski definition) is 6. The molecule has 32 heavy (non-hydrogen) atoms. The van der Waals surface area contributed by atoms with Crippen molar-refractivity contribution in [3.63, 3.8) is 0 Å². The number of hydrogen-bond donors (Lipinski definition) is 2. The molecule has 1 aromatic heterocycles. The normalized spacial score (nSPS) is 21.2. The predicted molar refractivity (Wildman–Crippen MR) is 121 cm³/mol. The highest BCUT2D eigenvalue weighted by molar-refractivity contribution is 7.91. The fourth-order valence-electron chi connectivity index (χ4n) is 5.08. The lowest BCUT2D eigenvalue weighted by Crippen LogP contribution is -2.50. The molecule has 9 heteroatoms. The van der Waals surface area contributed by atoms with E-state index in [0.29, 0.717) is 22.9 Å². The van der Waals surface area contributed by atoms with Gasteiger partial charge in [-0.2, -0.15) is 0 Å². The fourth-order valence-corrected chi connectivity index (χ4v) is 6.53. The van der Waals surface area contributed by atoms with Crippen LogP contribution in [0.3, 0.4) is 0 Å².